The average molecular weight is 628 g/mol. The number of nitrogens with zero attached hydrogens (tertiary/aromatic N) is 3. The van der Waals surface area contributed by atoms with Gasteiger partial charge >= 0.3 is 0 Å². The number of ether oxygens (including phenoxy) is 1. The molecule has 3 amide bonds. The van der Waals surface area contributed by atoms with Crippen molar-refractivity contribution < 1.29 is 24.2 Å². The molecule has 3 fully saturated rings. The second kappa shape index (κ2) is 14.3. The monoisotopic (exact) mass is 627 g/mol. The Morgan fingerprint density at radius 3 is 2.22 bits per heavy atom. The molecule has 1 spiro atoms. The molecule has 3 aliphatic heterocycles. The predicted molar refractivity (Wildman–Crippen MR) is 178 cm³/mol. The molecule has 0 aromatic heterocycles. The molecule has 246 valence electrons. The van der Waals surface area contributed by atoms with Crippen LogP contribution in [0.2, 0.25) is 0 Å². The lowest BCUT2D eigenvalue weighted by molar-refractivity contribution is -0.156. The zero-order valence-electron chi connectivity index (χ0n) is 27.4. The third-order valence-electron chi connectivity index (χ3n) is 10.2. The zero-order chi connectivity index (χ0) is 32.9. The van der Waals surface area contributed by atoms with E-state index in [0.717, 1.165) is 30.4 Å². The minimum Gasteiger partial charge on any atom is -0.394 e. The molecule has 8 heteroatoms. The van der Waals surface area contributed by atoms with Crippen LogP contribution in [0.4, 0.5) is 0 Å². The van der Waals surface area contributed by atoms with E-state index in [9.17, 15) is 19.5 Å². The number of benzene rings is 2. The number of unbranched alkanes of at least 4 members (excludes halogenated alkanes) is 2. The first-order chi connectivity index (χ1) is 22.2. The quantitative estimate of drug-likeness (QED) is 0.214. The summed E-state index contributed by atoms with van der Waals surface area (Å²) in [5.74, 6) is -2.29. The van der Waals surface area contributed by atoms with Crippen molar-refractivity contribution in [3.8, 4) is 0 Å². The Hall–Kier alpha value is -3.75. The molecule has 1 N–H and O–H groups in total. The summed E-state index contributed by atoms with van der Waals surface area (Å²) in [4.78, 5) is 49.3. The van der Waals surface area contributed by atoms with Crippen molar-refractivity contribution in [3.63, 3.8) is 0 Å². The molecule has 2 aromatic carbocycles. The molecule has 5 rings (SSSR count). The topological polar surface area (TPSA) is 90.4 Å². The van der Waals surface area contributed by atoms with Crippen molar-refractivity contribution in [2.24, 2.45) is 11.8 Å². The molecule has 3 saturated heterocycles. The fourth-order valence-corrected chi connectivity index (χ4v) is 8.11. The van der Waals surface area contributed by atoms with Gasteiger partial charge in [0, 0.05) is 26.2 Å². The lowest BCUT2D eigenvalue weighted by Crippen LogP contribution is -2.59. The van der Waals surface area contributed by atoms with E-state index in [1.165, 1.54) is 0 Å². The van der Waals surface area contributed by atoms with Crippen molar-refractivity contribution in [3.05, 3.63) is 97.1 Å². The van der Waals surface area contributed by atoms with E-state index in [-0.39, 0.29) is 24.3 Å². The lowest BCUT2D eigenvalue weighted by atomic mass is 9.66. The van der Waals surface area contributed by atoms with Crippen LogP contribution >= 0.6 is 0 Å². The van der Waals surface area contributed by atoms with Crippen molar-refractivity contribution in [2.75, 3.05) is 26.2 Å². The highest BCUT2D eigenvalue weighted by molar-refractivity contribution is 5.99. The largest absolute Gasteiger partial charge is 0.394 e. The molecule has 3 heterocycles. The van der Waals surface area contributed by atoms with Crippen LogP contribution in [0.15, 0.2) is 86.0 Å². The minimum atomic E-state index is -1.18. The van der Waals surface area contributed by atoms with E-state index in [1.807, 2.05) is 67.6 Å². The summed E-state index contributed by atoms with van der Waals surface area (Å²) in [6.45, 7) is 13.1. The summed E-state index contributed by atoms with van der Waals surface area (Å²) >= 11 is 0. The fraction of sp³-hybridized carbons (Fsp3) is 0.500. The van der Waals surface area contributed by atoms with Crippen LogP contribution < -0.4 is 0 Å². The minimum absolute atomic E-state index is 0.172. The number of aliphatic hydroxyl groups is 1. The fourth-order valence-electron chi connectivity index (χ4n) is 8.11. The molecule has 8 nitrogen and oxygen atoms in total. The highest BCUT2D eigenvalue weighted by Gasteiger charge is 2.78. The van der Waals surface area contributed by atoms with Crippen LogP contribution in [0.1, 0.15) is 57.1 Å². The Kier molecular flexibility index (Phi) is 10.5. The summed E-state index contributed by atoms with van der Waals surface area (Å²) in [5, 5.41) is 10.8. The molecule has 0 aliphatic carbocycles. The van der Waals surface area contributed by atoms with E-state index < -0.39 is 35.1 Å². The van der Waals surface area contributed by atoms with Crippen LogP contribution in [0.25, 0.3) is 0 Å². The van der Waals surface area contributed by atoms with E-state index >= 15 is 0 Å². The highest BCUT2D eigenvalue weighted by atomic mass is 16.5. The Labute approximate surface area is 273 Å². The zero-order valence-corrected chi connectivity index (χ0v) is 27.4. The van der Waals surface area contributed by atoms with Gasteiger partial charge in [-0.05, 0) is 43.7 Å². The summed E-state index contributed by atoms with van der Waals surface area (Å²) in [7, 11) is 0. The molecule has 0 radical (unpaired) electrons. The van der Waals surface area contributed by atoms with Crippen molar-refractivity contribution in [1.29, 1.82) is 0 Å². The van der Waals surface area contributed by atoms with E-state index in [0.29, 0.717) is 45.4 Å². The van der Waals surface area contributed by atoms with E-state index in [4.69, 9.17) is 4.74 Å². The normalized spacial score (nSPS) is 26.9. The van der Waals surface area contributed by atoms with Gasteiger partial charge in [-0.2, -0.15) is 0 Å². The van der Waals surface area contributed by atoms with E-state index in [2.05, 4.69) is 20.1 Å². The van der Waals surface area contributed by atoms with Crippen LogP contribution in [0, 0.1) is 11.8 Å². The molecule has 6 atom stereocenters. The first-order valence-corrected chi connectivity index (χ1v) is 16.7. The van der Waals surface area contributed by atoms with Crippen LogP contribution in [0.3, 0.4) is 0 Å². The lowest BCUT2D eigenvalue weighted by Gasteiger charge is -2.39. The number of amides is 3. The van der Waals surface area contributed by atoms with Gasteiger partial charge in [-0.15, -0.1) is 13.2 Å². The SMILES string of the molecule is C=CCN(CCCCC)C(=O)C1N([C@@H](CO)Cc2ccccc2)C(=O)[C@@H]2[C@H](C(=O)N(CC=C)Cc3ccccc3)[C@]3(C)CCC12O3. The van der Waals surface area contributed by atoms with Crippen LogP contribution in [-0.2, 0) is 32.1 Å². The second-order valence-corrected chi connectivity index (χ2v) is 13.3. The predicted octanol–water partition coefficient (Wildman–Crippen LogP) is 4.77. The Balaban J connectivity index is 1.57. The maximum absolute atomic E-state index is 14.9. The average Bonchev–Trinajstić information content (AvgIpc) is 3.64. The van der Waals surface area contributed by atoms with Crippen molar-refractivity contribution in [1.82, 2.24) is 14.7 Å². The Bertz CT molecular complexity index is 1400. The number of likely N-dealkylation sites (tertiary alicyclic amines) is 1. The Morgan fingerprint density at radius 1 is 0.978 bits per heavy atom. The molecule has 46 heavy (non-hydrogen) atoms. The summed E-state index contributed by atoms with van der Waals surface area (Å²) in [6, 6.07) is 17.8. The number of carbonyl (C=O) groups excluding carboxylic acids is 3. The summed E-state index contributed by atoms with van der Waals surface area (Å²) in [6.07, 6.45) is 7.64. The van der Waals surface area contributed by atoms with Gasteiger partial charge in [0.25, 0.3) is 0 Å². The number of rotatable bonds is 16. The third kappa shape index (κ3) is 6.17. The van der Waals surface area contributed by atoms with Gasteiger partial charge in [-0.25, -0.2) is 0 Å². The number of carbonyl (C=O) groups is 3. The molecular weight excluding hydrogens is 578 g/mol. The van der Waals surface area contributed by atoms with Gasteiger partial charge < -0.3 is 24.5 Å². The van der Waals surface area contributed by atoms with Gasteiger partial charge in [-0.3, -0.25) is 14.4 Å². The van der Waals surface area contributed by atoms with Gasteiger partial charge in [-0.1, -0.05) is 92.6 Å². The maximum Gasteiger partial charge on any atom is 0.248 e. The second-order valence-electron chi connectivity index (χ2n) is 13.3. The molecule has 2 unspecified atom stereocenters. The summed E-state index contributed by atoms with van der Waals surface area (Å²) < 4.78 is 6.93. The first-order valence-electron chi connectivity index (χ1n) is 16.7. The molecular formula is C38H49N3O5. The summed E-state index contributed by atoms with van der Waals surface area (Å²) in [5.41, 5.74) is -0.155. The highest BCUT2D eigenvalue weighted by Crippen LogP contribution is 2.64. The number of hydrogen-bond acceptors (Lipinski definition) is 5. The van der Waals surface area contributed by atoms with Crippen LogP contribution in [-0.4, -0.2) is 87.1 Å². The molecule has 0 saturated carbocycles. The van der Waals surface area contributed by atoms with E-state index in [1.54, 1.807) is 26.9 Å². The van der Waals surface area contributed by atoms with Crippen LogP contribution in [0.5, 0.6) is 0 Å². The smallest absolute Gasteiger partial charge is 0.248 e. The first kappa shape index (κ1) is 33.6. The van der Waals surface area contributed by atoms with Gasteiger partial charge in [0.05, 0.1) is 30.1 Å². The molecule has 2 aromatic rings. The van der Waals surface area contributed by atoms with Crippen molar-refractivity contribution >= 4 is 17.7 Å². The number of aliphatic hydroxyl groups excluding tert-OH is 1. The third-order valence-corrected chi connectivity index (χ3v) is 10.2. The standard InChI is InChI=1S/C38H49N3O5/c1-5-8-15-24-39(22-6-2)36(45)33-38-21-20-37(4,46-38)31(34(43)40(23-7-3)26-29-18-13-10-14-19-29)32(38)35(44)41(33)30(27-42)25-28-16-11-9-12-17-28/h6-7,9-14,16-19,30-33,42H,2-3,5,8,15,20-27H2,1,4H3/t30-,31-,32+,33?,37+,38?/m1/s1. The number of hydrogen-bond donors (Lipinski definition) is 1. The number of fused-ring (bicyclic) bond motifs is 1. The maximum atomic E-state index is 14.9. The molecule has 2 bridgehead atoms. The van der Waals surface area contributed by atoms with Crippen molar-refractivity contribution in [2.45, 2.75) is 82.2 Å². The van der Waals surface area contributed by atoms with Gasteiger partial charge in [0.1, 0.15) is 11.6 Å². The Morgan fingerprint density at radius 2 is 1.61 bits per heavy atom. The van der Waals surface area contributed by atoms with Gasteiger partial charge in [0.15, 0.2) is 0 Å². The molecule has 3 aliphatic rings. The van der Waals surface area contributed by atoms with Gasteiger partial charge in [0.2, 0.25) is 17.7 Å².